The summed E-state index contributed by atoms with van der Waals surface area (Å²) in [5, 5.41) is 28.8. The molecule has 3 N–H and O–H groups in total. The van der Waals surface area contributed by atoms with Crippen molar-refractivity contribution in [2.45, 2.75) is 32.5 Å². The van der Waals surface area contributed by atoms with Crippen molar-refractivity contribution in [3.05, 3.63) is 63.7 Å². The highest BCUT2D eigenvalue weighted by Gasteiger charge is 2.27. The van der Waals surface area contributed by atoms with Crippen LogP contribution < -0.4 is 20.9 Å². The fraction of sp³-hybridized carbons (Fsp3) is 0.333. The summed E-state index contributed by atoms with van der Waals surface area (Å²) in [6, 6.07) is 11.6. The smallest absolute Gasteiger partial charge is 0.408 e. The van der Waals surface area contributed by atoms with Crippen molar-refractivity contribution < 1.29 is 24.0 Å². The van der Waals surface area contributed by atoms with E-state index < -0.39 is 34.5 Å². The average Bonchev–Trinajstić information content (AvgIpc) is 2.82. The molecule has 1 heterocycles. The number of ether oxygens (including phenoxy) is 1. The molecule has 0 aliphatic carbocycles. The standard InChI is InChI=1S/C24H26N6O6/c1-24(2,3)36-23(33)28-20-14-29(11-10-26-20)17-8-9-18(19(12-17)30(34)35)27-22(32)21(31)16-6-4-15(13-25)5-7-16/h4-9,12,20,26H,10-11,14H2,1-3H3,(H,27,32)(H,28,33)/t20-/m0/s1. The number of alkyl carbamates (subject to hydrolysis) is 1. The van der Waals surface area contributed by atoms with Crippen LogP contribution in [0, 0.1) is 21.4 Å². The summed E-state index contributed by atoms with van der Waals surface area (Å²) >= 11 is 0. The van der Waals surface area contributed by atoms with Gasteiger partial charge in [-0.15, -0.1) is 0 Å². The summed E-state index contributed by atoms with van der Waals surface area (Å²) in [7, 11) is 0. The lowest BCUT2D eigenvalue weighted by atomic mass is 10.1. The molecule has 2 aromatic rings. The number of amides is 2. The third-order valence-corrected chi connectivity index (χ3v) is 5.14. The van der Waals surface area contributed by atoms with Gasteiger partial charge >= 0.3 is 6.09 Å². The van der Waals surface area contributed by atoms with Crippen LogP contribution in [0.1, 0.15) is 36.7 Å². The van der Waals surface area contributed by atoms with Gasteiger partial charge in [0, 0.05) is 30.4 Å². The Morgan fingerprint density at radius 1 is 1.19 bits per heavy atom. The van der Waals surface area contributed by atoms with Crippen molar-refractivity contribution in [2.24, 2.45) is 0 Å². The lowest BCUT2D eigenvalue weighted by Gasteiger charge is -2.35. The highest BCUT2D eigenvalue weighted by atomic mass is 16.6. The zero-order valence-electron chi connectivity index (χ0n) is 20.0. The van der Waals surface area contributed by atoms with Gasteiger partial charge in [-0.2, -0.15) is 5.26 Å². The Bertz CT molecular complexity index is 1220. The van der Waals surface area contributed by atoms with Crippen LogP contribution in [0.25, 0.3) is 0 Å². The van der Waals surface area contributed by atoms with Crippen LogP contribution in [0.3, 0.4) is 0 Å². The van der Waals surface area contributed by atoms with Crippen molar-refractivity contribution >= 4 is 34.8 Å². The van der Waals surface area contributed by atoms with Gasteiger partial charge in [-0.1, -0.05) is 0 Å². The van der Waals surface area contributed by atoms with Crippen molar-refractivity contribution in [3.8, 4) is 6.07 Å². The van der Waals surface area contributed by atoms with Crippen molar-refractivity contribution in [3.63, 3.8) is 0 Å². The molecule has 0 spiro atoms. The van der Waals surface area contributed by atoms with E-state index in [4.69, 9.17) is 10.00 Å². The summed E-state index contributed by atoms with van der Waals surface area (Å²) in [5.41, 5.74) is -0.279. The number of piperazine rings is 1. The number of anilines is 2. The number of carbonyl (C=O) groups is 3. The van der Waals surface area contributed by atoms with Gasteiger partial charge in [0.25, 0.3) is 17.4 Å². The number of benzene rings is 2. The maximum absolute atomic E-state index is 12.5. The number of rotatable bonds is 6. The van der Waals surface area contributed by atoms with Gasteiger partial charge in [-0.25, -0.2) is 4.79 Å². The second kappa shape index (κ2) is 10.8. The number of nitrogens with zero attached hydrogens (tertiary/aromatic N) is 3. The first kappa shape index (κ1) is 26.1. The Hall–Kier alpha value is -4.50. The van der Waals surface area contributed by atoms with Gasteiger partial charge < -0.3 is 20.3 Å². The van der Waals surface area contributed by atoms with Gasteiger partial charge in [-0.3, -0.25) is 25.0 Å². The fourth-order valence-electron chi connectivity index (χ4n) is 3.51. The number of nitriles is 1. The SMILES string of the molecule is CC(C)(C)OC(=O)N[C@H]1CN(c2ccc(NC(=O)C(=O)c3ccc(C#N)cc3)c([N+](=O)[O-])c2)CCN1. The second-order valence-corrected chi connectivity index (χ2v) is 9.03. The predicted molar refractivity (Wildman–Crippen MR) is 131 cm³/mol. The van der Waals surface area contributed by atoms with Gasteiger partial charge in [0.1, 0.15) is 17.5 Å². The van der Waals surface area contributed by atoms with Crippen LogP contribution in [-0.2, 0) is 9.53 Å². The normalized spacial score (nSPS) is 15.4. The molecule has 188 valence electrons. The lowest BCUT2D eigenvalue weighted by molar-refractivity contribution is -0.383. The quantitative estimate of drug-likeness (QED) is 0.237. The van der Waals surface area contributed by atoms with E-state index in [1.54, 1.807) is 26.8 Å². The summed E-state index contributed by atoms with van der Waals surface area (Å²) in [6.45, 7) is 6.61. The maximum Gasteiger partial charge on any atom is 0.408 e. The average molecular weight is 495 g/mol. The number of ketones is 1. The van der Waals surface area contributed by atoms with Crippen LogP contribution in [0.5, 0.6) is 0 Å². The minimum Gasteiger partial charge on any atom is -0.444 e. The molecule has 0 unspecified atom stereocenters. The summed E-state index contributed by atoms with van der Waals surface area (Å²) in [5.74, 6) is -1.93. The Labute approximate surface area is 207 Å². The van der Waals surface area contributed by atoms with Gasteiger partial charge in [0.15, 0.2) is 0 Å². The summed E-state index contributed by atoms with van der Waals surface area (Å²) in [6.07, 6.45) is -1.03. The Balaban J connectivity index is 1.72. The van der Waals surface area contributed by atoms with E-state index in [0.29, 0.717) is 30.9 Å². The number of hydrogen-bond acceptors (Lipinski definition) is 9. The number of Topliss-reactive ketones (excluding diaryl/α,β-unsaturated/α-hetero) is 1. The van der Waals surface area contributed by atoms with Crippen LogP contribution in [0.2, 0.25) is 0 Å². The molecule has 0 radical (unpaired) electrons. The molecule has 0 saturated carbocycles. The molecule has 12 nitrogen and oxygen atoms in total. The molecular formula is C24H26N6O6. The highest BCUT2D eigenvalue weighted by Crippen LogP contribution is 2.30. The third-order valence-electron chi connectivity index (χ3n) is 5.14. The van der Waals surface area contributed by atoms with Crippen molar-refractivity contribution in [1.29, 1.82) is 5.26 Å². The van der Waals surface area contributed by atoms with Crippen LogP contribution in [0.4, 0.5) is 21.9 Å². The lowest BCUT2D eigenvalue weighted by Crippen LogP contribution is -2.59. The van der Waals surface area contributed by atoms with Crippen LogP contribution in [-0.4, -0.2) is 54.1 Å². The summed E-state index contributed by atoms with van der Waals surface area (Å²) < 4.78 is 5.27. The Morgan fingerprint density at radius 3 is 2.50 bits per heavy atom. The monoisotopic (exact) mass is 494 g/mol. The highest BCUT2D eigenvalue weighted by molar-refractivity contribution is 6.46. The second-order valence-electron chi connectivity index (χ2n) is 9.03. The van der Waals surface area contributed by atoms with E-state index in [9.17, 15) is 24.5 Å². The van der Waals surface area contributed by atoms with Gasteiger partial charge in [-0.05, 0) is 57.2 Å². The zero-order valence-corrected chi connectivity index (χ0v) is 20.0. The Morgan fingerprint density at radius 2 is 1.89 bits per heavy atom. The third kappa shape index (κ3) is 6.77. The van der Waals surface area contributed by atoms with E-state index in [-0.39, 0.29) is 16.9 Å². The minimum absolute atomic E-state index is 0.0510. The van der Waals surface area contributed by atoms with Crippen molar-refractivity contribution in [1.82, 2.24) is 10.6 Å². The topological polar surface area (TPSA) is 167 Å². The maximum atomic E-state index is 12.5. The molecule has 2 amide bonds. The number of carbonyl (C=O) groups excluding carboxylic acids is 3. The molecule has 1 aliphatic heterocycles. The molecular weight excluding hydrogens is 468 g/mol. The van der Waals surface area contributed by atoms with Gasteiger partial charge in [0.05, 0.1) is 23.1 Å². The molecule has 1 saturated heterocycles. The predicted octanol–water partition coefficient (Wildman–Crippen LogP) is 2.55. The van der Waals surface area contributed by atoms with E-state index in [1.807, 2.05) is 11.0 Å². The first-order valence-electron chi connectivity index (χ1n) is 11.1. The first-order chi connectivity index (χ1) is 17.0. The molecule has 12 heteroatoms. The first-order valence-corrected chi connectivity index (χ1v) is 11.1. The molecule has 1 aliphatic rings. The Kier molecular flexibility index (Phi) is 7.86. The number of nitro groups is 1. The van der Waals surface area contributed by atoms with E-state index in [1.165, 1.54) is 36.4 Å². The zero-order chi connectivity index (χ0) is 26.5. The number of nitrogens with one attached hydrogen (secondary N) is 3. The van der Waals surface area contributed by atoms with Crippen LogP contribution >= 0.6 is 0 Å². The van der Waals surface area contributed by atoms with E-state index >= 15 is 0 Å². The molecule has 1 atom stereocenters. The number of nitro benzene ring substituents is 1. The molecule has 0 aromatic heterocycles. The summed E-state index contributed by atoms with van der Waals surface area (Å²) in [4.78, 5) is 49.9. The largest absolute Gasteiger partial charge is 0.444 e. The molecule has 36 heavy (non-hydrogen) atoms. The van der Waals surface area contributed by atoms with Crippen molar-refractivity contribution in [2.75, 3.05) is 29.9 Å². The molecule has 2 aromatic carbocycles. The fourth-order valence-corrected chi connectivity index (χ4v) is 3.51. The van der Waals surface area contributed by atoms with Gasteiger partial charge in [0.2, 0.25) is 0 Å². The van der Waals surface area contributed by atoms with E-state index in [2.05, 4.69) is 16.0 Å². The molecule has 1 fully saturated rings. The number of hydrogen-bond donors (Lipinski definition) is 3. The molecule has 3 rings (SSSR count). The molecule has 0 bridgehead atoms. The van der Waals surface area contributed by atoms with E-state index in [0.717, 1.165) is 0 Å². The van der Waals surface area contributed by atoms with Crippen LogP contribution in [0.15, 0.2) is 42.5 Å². The minimum atomic E-state index is -1.04.